The molecule has 5 heteroatoms. The van der Waals surface area contributed by atoms with Gasteiger partial charge in [-0.25, -0.2) is 0 Å². The van der Waals surface area contributed by atoms with Crippen molar-refractivity contribution in [2.24, 2.45) is 0 Å². The lowest BCUT2D eigenvalue weighted by molar-refractivity contribution is 0.0930. The van der Waals surface area contributed by atoms with Crippen molar-refractivity contribution in [3.05, 3.63) is 33.3 Å². The fourth-order valence-corrected chi connectivity index (χ4v) is 2.77. The third kappa shape index (κ3) is 3.44. The Bertz CT molecular complexity index is 419. The van der Waals surface area contributed by atoms with Gasteiger partial charge in [-0.05, 0) is 53.5 Å². The van der Waals surface area contributed by atoms with Crippen LogP contribution in [0.5, 0.6) is 0 Å². The van der Waals surface area contributed by atoms with E-state index in [9.17, 15) is 4.79 Å². The van der Waals surface area contributed by atoms with E-state index in [0.29, 0.717) is 10.6 Å². The Kier molecular flexibility index (Phi) is 4.42. The molecular weight excluding hydrogens is 304 g/mol. The maximum absolute atomic E-state index is 12.0. The summed E-state index contributed by atoms with van der Waals surface area (Å²) in [6.07, 6.45) is 2.14. The van der Waals surface area contributed by atoms with E-state index >= 15 is 0 Å². The Hall–Kier alpha value is -0.580. The monoisotopic (exact) mass is 316 g/mol. The highest BCUT2D eigenvalue weighted by molar-refractivity contribution is 9.10. The number of amides is 1. The molecule has 1 atom stereocenters. The zero-order valence-electron chi connectivity index (χ0n) is 9.30. The molecule has 0 radical (unpaired) electrons. The number of nitrogens with one attached hydrogen (secondary N) is 2. The highest BCUT2D eigenvalue weighted by atomic mass is 79.9. The smallest absolute Gasteiger partial charge is 0.252 e. The Balaban J connectivity index is 2.03. The van der Waals surface area contributed by atoms with Gasteiger partial charge in [0, 0.05) is 22.1 Å². The van der Waals surface area contributed by atoms with E-state index in [2.05, 4.69) is 26.6 Å². The fraction of sp³-hybridized carbons (Fsp3) is 0.417. The maximum atomic E-state index is 12.0. The molecule has 1 unspecified atom stereocenters. The molecule has 17 heavy (non-hydrogen) atoms. The van der Waals surface area contributed by atoms with Gasteiger partial charge in [0.15, 0.2) is 0 Å². The lowest BCUT2D eigenvalue weighted by Crippen LogP contribution is -2.45. The lowest BCUT2D eigenvalue weighted by atomic mass is 10.1. The summed E-state index contributed by atoms with van der Waals surface area (Å²) in [5.74, 6) is -0.0535. The van der Waals surface area contributed by atoms with Crippen LogP contribution in [0.15, 0.2) is 22.7 Å². The fourth-order valence-electron chi connectivity index (χ4n) is 1.91. The molecule has 1 aromatic carbocycles. The molecule has 1 saturated heterocycles. The number of halogens is 2. The minimum Gasteiger partial charge on any atom is -0.348 e. The van der Waals surface area contributed by atoms with E-state index in [1.54, 1.807) is 18.2 Å². The number of carbonyl (C=O) groups is 1. The summed E-state index contributed by atoms with van der Waals surface area (Å²) < 4.78 is 0.728. The first-order valence-corrected chi connectivity index (χ1v) is 6.80. The molecule has 1 aromatic rings. The molecule has 2 N–H and O–H groups in total. The summed E-state index contributed by atoms with van der Waals surface area (Å²) in [5, 5.41) is 6.91. The van der Waals surface area contributed by atoms with Crippen molar-refractivity contribution < 1.29 is 4.79 Å². The van der Waals surface area contributed by atoms with E-state index < -0.39 is 0 Å². The first-order valence-electron chi connectivity index (χ1n) is 5.63. The second-order valence-corrected chi connectivity index (χ2v) is 5.43. The van der Waals surface area contributed by atoms with Crippen LogP contribution in [0.2, 0.25) is 5.02 Å². The molecule has 1 heterocycles. The summed E-state index contributed by atoms with van der Waals surface area (Å²) in [4.78, 5) is 12.0. The highest BCUT2D eigenvalue weighted by Crippen LogP contribution is 2.21. The SMILES string of the molecule is O=C(NC1CCCNC1)c1ccc(Cl)cc1Br. The first kappa shape index (κ1) is 12.9. The van der Waals surface area contributed by atoms with Gasteiger partial charge in [0.05, 0.1) is 5.56 Å². The van der Waals surface area contributed by atoms with Gasteiger partial charge in [-0.15, -0.1) is 0 Å². The molecule has 1 amide bonds. The van der Waals surface area contributed by atoms with Crippen LogP contribution in [0.25, 0.3) is 0 Å². The van der Waals surface area contributed by atoms with E-state index in [1.165, 1.54) is 0 Å². The topological polar surface area (TPSA) is 41.1 Å². The van der Waals surface area contributed by atoms with E-state index in [0.717, 1.165) is 30.4 Å². The zero-order valence-corrected chi connectivity index (χ0v) is 11.6. The molecule has 0 spiro atoms. The summed E-state index contributed by atoms with van der Waals surface area (Å²) in [6, 6.07) is 5.41. The number of carbonyl (C=O) groups excluding carboxylic acids is 1. The van der Waals surface area contributed by atoms with Crippen LogP contribution < -0.4 is 10.6 Å². The number of hydrogen-bond acceptors (Lipinski definition) is 2. The van der Waals surface area contributed by atoms with E-state index in [1.807, 2.05) is 0 Å². The van der Waals surface area contributed by atoms with Crippen LogP contribution in [0.3, 0.4) is 0 Å². The standard InChI is InChI=1S/C12H14BrClN2O/c13-11-6-8(14)3-4-10(11)12(17)16-9-2-1-5-15-7-9/h3-4,6,9,15H,1-2,5,7H2,(H,16,17). The van der Waals surface area contributed by atoms with Gasteiger partial charge in [0.2, 0.25) is 0 Å². The Morgan fingerprint density at radius 2 is 2.35 bits per heavy atom. The van der Waals surface area contributed by atoms with Crippen LogP contribution >= 0.6 is 27.5 Å². The van der Waals surface area contributed by atoms with Crippen LogP contribution in [-0.4, -0.2) is 25.0 Å². The normalized spacial score (nSPS) is 20.0. The van der Waals surface area contributed by atoms with Crippen LogP contribution in [0, 0.1) is 0 Å². The second-order valence-electron chi connectivity index (χ2n) is 4.14. The van der Waals surface area contributed by atoms with Crippen molar-refractivity contribution in [1.29, 1.82) is 0 Å². The van der Waals surface area contributed by atoms with Crippen molar-refractivity contribution in [2.45, 2.75) is 18.9 Å². The first-order chi connectivity index (χ1) is 8.16. The van der Waals surface area contributed by atoms with Gasteiger partial charge in [0.25, 0.3) is 5.91 Å². The predicted molar refractivity (Wildman–Crippen MR) is 72.5 cm³/mol. The Morgan fingerprint density at radius 3 is 3.00 bits per heavy atom. The lowest BCUT2D eigenvalue weighted by Gasteiger charge is -2.24. The number of hydrogen-bond donors (Lipinski definition) is 2. The second kappa shape index (κ2) is 5.85. The average molecular weight is 318 g/mol. The number of piperidine rings is 1. The number of rotatable bonds is 2. The molecule has 92 valence electrons. The molecule has 0 aliphatic carbocycles. The van der Waals surface area contributed by atoms with Crippen molar-refractivity contribution in [3.8, 4) is 0 Å². The maximum Gasteiger partial charge on any atom is 0.252 e. The minimum atomic E-state index is -0.0535. The van der Waals surface area contributed by atoms with Crippen molar-refractivity contribution in [3.63, 3.8) is 0 Å². The van der Waals surface area contributed by atoms with E-state index in [-0.39, 0.29) is 11.9 Å². The molecule has 0 bridgehead atoms. The molecule has 0 saturated carbocycles. The van der Waals surface area contributed by atoms with Gasteiger partial charge in [-0.1, -0.05) is 11.6 Å². The van der Waals surface area contributed by atoms with Crippen molar-refractivity contribution >= 4 is 33.4 Å². The molecule has 3 nitrogen and oxygen atoms in total. The molecular formula is C12H14BrClN2O. The van der Waals surface area contributed by atoms with Crippen LogP contribution in [0.1, 0.15) is 23.2 Å². The molecule has 1 aliphatic heterocycles. The van der Waals surface area contributed by atoms with Crippen LogP contribution in [-0.2, 0) is 0 Å². The minimum absolute atomic E-state index is 0.0535. The molecule has 0 aromatic heterocycles. The Labute approximate surface area is 114 Å². The Morgan fingerprint density at radius 1 is 1.53 bits per heavy atom. The van der Waals surface area contributed by atoms with Gasteiger partial charge in [-0.2, -0.15) is 0 Å². The van der Waals surface area contributed by atoms with Crippen LogP contribution in [0.4, 0.5) is 0 Å². The third-order valence-electron chi connectivity index (χ3n) is 2.81. The number of benzene rings is 1. The van der Waals surface area contributed by atoms with Gasteiger partial charge in [0.1, 0.15) is 0 Å². The van der Waals surface area contributed by atoms with Gasteiger partial charge in [-0.3, -0.25) is 4.79 Å². The summed E-state index contributed by atoms with van der Waals surface area (Å²) >= 11 is 9.19. The summed E-state index contributed by atoms with van der Waals surface area (Å²) in [5.41, 5.74) is 0.625. The third-order valence-corrected chi connectivity index (χ3v) is 3.70. The van der Waals surface area contributed by atoms with Crippen molar-refractivity contribution in [2.75, 3.05) is 13.1 Å². The average Bonchev–Trinajstić information content (AvgIpc) is 2.30. The molecule has 1 aliphatic rings. The molecule has 2 rings (SSSR count). The summed E-state index contributed by atoms with van der Waals surface area (Å²) in [6.45, 7) is 1.88. The predicted octanol–water partition coefficient (Wildman–Crippen LogP) is 2.58. The van der Waals surface area contributed by atoms with Gasteiger partial charge >= 0.3 is 0 Å². The van der Waals surface area contributed by atoms with Gasteiger partial charge < -0.3 is 10.6 Å². The highest BCUT2D eigenvalue weighted by Gasteiger charge is 2.17. The largest absolute Gasteiger partial charge is 0.348 e. The van der Waals surface area contributed by atoms with E-state index in [4.69, 9.17) is 11.6 Å². The molecule has 1 fully saturated rings. The van der Waals surface area contributed by atoms with Crippen molar-refractivity contribution in [1.82, 2.24) is 10.6 Å². The zero-order chi connectivity index (χ0) is 12.3. The quantitative estimate of drug-likeness (QED) is 0.880. The summed E-state index contributed by atoms with van der Waals surface area (Å²) in [7, 11) is 0.